The molecule has 1 aromatic carbocycles. The molecule has 0 aliphatic heterocycles. The van der Waals surface area contributed by atoms with E-state index in [0.29, 0.717) is 0 Å². The first-order chi connectivity index (χ1) is 9.24. The van der Waals surface area contributed by atoms with Crippen LogP contribution in [0.25, 0.3) is 0 Å². The number of aryl methyl sites for hydroxylation is 2. The highest BCUT2D eigenvalue weighted by Crippen LogP contribution is 2.05. The van der Waals surface area contributed by atoms with E-state index in [9.17, 15) is 4.79 Å². The van der Waals surface area contributed by atoms with Crippen molar-refractivity contribution in [2.75, 3.05) is 13.6 Å². The molecule has 0 saturated carbocycles. The van der Waals surface area contributed by atoms with Crippen molar-refractivity contribution in [3.05, 3.63) is 35.4 Å². The lowest BCUT2D eigenvalue weighted by atomic mass is 10.2. The minimum absolute atomic E-state index is 0.213. The van der Waals surface area contributed by atoms with Gasteiger partial charge in [0.1, 0.15) is 5.60 Å². The van der Waals surface area contributed by atoms with Crippen LogP contribution in [-0.4, -0.2) is 25.2 Å². The van der Waals surface area contributed by atoms with E-state index < -0.39 is 0 Å². The van der Waals surface area contributed by atoms with Gasteiger partial charge in [-0.25, -0.2) is 0 Å². The van der Waals surface area contributed by atoms with Crippen molar-refractivity contribution < 1.29 is 9.53 Å². The number of hydrogen-bond donors (Lipinski definition) is 1. The van der Waals surface area contributed by atoms with Crippen LogP contribution < -0.4 is 5.32 Å². The highest BCUT2D eigenvalue weighted by Gasteiger charge is 2.14. The van der Waals surface area contributed by atoms with Crippen LogP contribution in [0.15, 0.2) is 24.3 Å². The maximum Gasteiger partial charge on any atom is 0.320 e. The number of rotatable bonds is 2. The SMILES string of the molecule is CC.CNCC(=O)OC(C)(C)C.Cc1ccc(C)cc1. The summed E-state index contributed by atoms with van der Waals surface area (Å²) in [6.45, 7) is 14.0. The number of nitrogens with one attached hydrogen (secondary N) is 1. The molecule has 0 unspecified atom stereocenters. The number of carbonyl (C=O) groups is 1. The predicted molar refractivity (Wildman–Crippen MR) is 87.0 cm³/mol. The Morgan fingerprint density at radius 1 is 1.05 bits per heavy atom. The number of benzene rings is 1. The van der Waals surface area contributed by atoms with E-state index in [1.54, 1.807) is 7.05 Å². The Kier molecular flexibility index (Phi) is 12.0. The van der Waals surface area contributed by atoms with Crippen molar-refractivity contribution in [2.45, 2.75) is 54.1 Å². The Morgan fingerprint density at radius 2 is 1.40 bits per heavy atom. The summed E-state index contributed by atoms with van der Waals surface area (Å²) in [5, 5.41) is 2.72. The van der Waals surface area contributed by atoms with Gasteiger partial charge in [0.2, 0.25) is 0 Å². The first-order valence-electron chi connectivity index (χ1n) is 7.14. The molecule has 0 radical (unpaired) electrons. The second kappa shape index (κ2) is 11.5. The monoisotopic (exact) mass is 281 g/mol. The molecule has 0 saturated heterocycles. The lowest BCUT2D eigenvalue weighted by molar-refractivity contribution is -0.153. The Labute approximate surface area is 124 Å². The Bertz CT molecular complexity index is 329. The molecule has 0 aromatic heterocycles. The average molecular weight is 281 g/mol. The second-order valence-electron chi connectivity index (χ2n) is 5.27. The first-order valence-corrected chi connectivity index (χ1v) is 7.14. The summed E-state index contributed by atoms with van der Waals surface area (Å²) in [6.07, 6.45) is 0. The van der Waals surface area contributed by atoms with E-state index >= 15 is 0 Å². The van der Waals surface area contributed by atoms with E-state index in [1.807, 2.05) is 34.6 Å². The number of hydrogen-bond acceptors (Lipinski definition) is 3. The molecule has 20 heavy (non-hydrogen) atoms. The van der Waals surface area contributed by atoms with Gasteiger partial charge in [-0.2, -0.15) is 0 Å². The molecule has 0 heterocycles. The molecular formula is C17H31NO2. The van der Waals surface area contributed by atoms with Gasteiger partial charge < -0.3 is 10.1 Å². The third-order valence-corrected chi connectivity index (χ3v) is 1.96. The van der Waals surface area contributed by atoms with Crippen molar-refractivity contribution >= 4 is 5.97 Å². The molecule has 3 nitrogen and oxygen atoms in total. The molecule has 1 aromatic rings. The fourth-order valence-corrected chi connectivity index (χ4v) is 1.16. The topological polar surface area (TPSA) is 38.3 Å². The molecule has 1 N–H and O–H groups in total. The summed E-state index contributed by atoms with van der Waals surface area (Å²) in [5.41, 5.74) is 2.29. The summed E-state index contributed by atoms with van der Waals surface area (Å²) in [4.78, 5) is 10.8. The van der Waals surface area contributed by atoms with Gasteiger partial charge in [0.15, 0.2) is 0 Å². The highest BCUT2D eigenvalue weighted by atomic mass is 16.6. The normalized spacial score (nSPS) is 9.60. The largest absolute Gasteiger partial charge is 0.459 e. The minimum Gasteiger partial charge on any atom is -0.459 e. The van der Waals surface area contributed by atoms with Gasteiger partial charge in [-0.3, -0.25) is 4.79 Å². The summed E-state index contributed by atoms with van der Waals surface area (Å²) in [7, 11) is 1.71. The molecule has 0 fully saturated rings. The van der Waals surface area contributed by atoms with Crippen molar-refractivity contribution in [2.24, 2.45) is 0 Å². The molecule has 1 rings (SSSR count). The van der Waals surface area contributed by atoms with Crippen molar-refractivity contribution in [1.82, 2.24) is 5.32 Å². The predicted octanol–water partition coefficient (Wildman–Crippen LogP) is 3.88. The lowest BCUT2D eigenvalue weighted by Gasteiger charge is -2.19. The van der Waals surface area contributed by atoms with E-state index in [2.05, 4.69) is 43.4 Å². The van der Waals surface area contributed by atoms with Gasteiger partial charge in [0.25, 0.3) is 0 Å². The van der Waals surface area contributed by atoms with Crippen molar-refractivity contribution in [3.63, 3.8) is 0 Å². The molecule has 0 spiro atoms. The van der Waals surface area contributed by atoms with Gasteiger partial charge >= 0.3 is 5.97 Å². The lowest BCUT2D eigenvalue weighted by Crippen LogP contribution is -2.29. The Morgan fingerprint density at radius 3 is 1.65 bits per heavy atom. The number of ether oxygens (including phenoxy) is 1. The number of likely N-dealkylation sites (N-methyl/N-ethyl adjacent to an activating group) is 1. The smallest absolute Gasteiger partial charge is 0.320 e. The standard InChI is InChI=1S/C8H10.C7H15NO2.C2H6/c1-7-3-5-8(2)6-4-7;1-7(2,3)10-6(9)5-8-4;1-2/h3-6H,1-2H3;8H,5H2,1-4H3;1-2H3. The minimum atomic E-state index is -0.367. The molecule has 116 valence electrons. The summed E-state index contributed by atoms with van der Waals surface area (Å²) in [6, 6.07) is 8.48. The zero-order chi connectivity index (χ0) is 16.2. The van der Waals surface area contributed by atoms with Crippen LogP contribution in [-0.2, 0) is 9.53 Å². The maximum absolute atomic E-state index is 10.8. The number of esters is 1. The van der Waals surface area contributed by atoms with Crippen LogP contribution in [0.1, 0.15) is 45.7 Å². The van der Waals surface area contributed by atoms with Crippen LogP contribution in [0.4, 0.5) is 0 Å². The van der Waals surface area contributed by atoms with E-state index in [-0.39, 0.29) is 18.1 Å². The molecule has 0 aliphatic rings. The van der Waals surface area contributed by atoms with Crippen LogP contribution in [0.2, 0.25) is 0 Å². The summed E-state index contributed by atoms with van der Waals surface area (Å²) < 4.78 is 4.98. The van der Waals surface area contributed by atoms with Crippen LogP contribution in [0.5, 0.6) is 0 Å². The molecule has 0 atom stereocenters. The van der Waals surface area contributed by atoms with Gasteiger partial charge in [-0.15, -0.1) is 0 Å². The molecule has 0 aliphatic carbocycles. The fraction of sp³-hybridized carbons (Fsp3) is 0.588. The molecule has 0 amide bonds. The summed E-state index contributed by atoms with van der Waals surface area (Å²) >= 11 is 0. The van der Waals surface area contributed by atoms with Crippen molar-refractivity contribution in [3.8, 4) is 0 Å². The molecule has 3 heteroatoms. The van der Waals surface area contributed by atoms with Gasteiger partial charge in [-0.1, -0.05) is 49.2 Å². The molecular weight excluding hydrogens is 250 g/mol. The van der Waals surface area contributed by atoms with Crippen LogP contribution in [0, 0.1) is 13.8 Å². The fourth-order valence-electron chi connectivity index (χ4n) is 1.16. The zero-order valence-corrected chi connectivity index (χ0v) is 14.3. The third-order valence-electron chi connectivity index (χ3n) is 1.96. The van der Waals surface area contributed by atoms with Crippen LogP contribution >= 0.6 is 0 Å². The number of carbonyl (C=O) groups excluding carboxylic acids is 1. The van der Waals surface area contributed by atoms with E-state index in [1.165, 1.54) is 11.1 Å². The summed E-state index contributed by atoms with van der Waals surface area (Å²) in [5.74, 6) is -0.213. The van der Waals surface area contributed by atoms with Gasteiger partial charge in [0.05, 0.1) is 6.54 Å². The highest BCUT2D eigenvalue weighted by molar-refractivity contribution is 5.71. The third kappa shape index (κ3) is 14.7. The van der Waals surface area contributed by atoms with Crippen LogP contribution in [0.3, 0.4) is 0 Å². The first kappa shape index (κ1) is 21.0. The Hall–Kier alpha value is -1.35. The van der Waals surface area contributed by atoms with E-state index in [4.69, 9.17) is 4.74 Å². The average Bonchev–Trinajstić information content (AvgIpc) is 2.34. The zero-order valence-electron chi connectivity index (χ0n) is 14.3. The quantitative estimate of drug-likeness (QED) is 0.836. The Balaban J connectivity index is 0. The maximum atomic E-state index is 10.8. The van der Waals surface area contributed by atoms with Crippen molar-refractivity contribution in [1.29, 1.82) is 0 Å². The van der Waals surface area contributed by atoms with Gasteiger partial charge in [-0.05, 0) is 41.7 Å². The van der Waals surface area contributed by atoms with Gasteiger partial charge in [0, 0.05) is 0 Å². The van der Waals surface area contributed by atoms with E-state index in [0.717, 1.165) is 0 Å². The molecule has 0 bridgehead atoms. The second-order valence-corrected chi connectivity index (χ2v) is 5.27.